The number of methoxy groups -OCH3 is 2. The second kappa shape index (κ2) is 10.0. The van der Waals surface area contributed by atoms with Crippen molar-refractivity contribution in [2.24, 2.45) is 0 Å². The Morgan fingerprint density at radius 1 is 0.941 bits per heavy atom. The van der Waals surface area contributed by atoms with Crippen LogP contribution in [0.2, 0.25) is 5.02 Å². The molecule has 34 heavy (non-hydrogen) atoms. The molecular weight excluding hydrogens is 454 g/mol. The van der Waals surface area contributed by atoms with Crippen molar-refractivity contribution in [2.45, 2.75) is 12.5 Å². The smallest absolute Gasteiger partial charge is 0.295 e. The van der Waals surface area contributed by atoms with Crippen LogP contribution in [0.15, 0.2) is 78.4 Å². The second-order valence-corrected chi connectivity index (χ2v) is 8.28. The average Bonchev–Trinajstić information content (AvgIpc) is 3.12. The molecule has 1 atom stereocenters. The van der Waals surface area contributed by atoms with E-state index < -0.39 is 17.7 Å². The van der Waals surface area contributed by atoms with Crippen molar-refractivity contribution in [3.63, 3.8) is 0 Å². The number of nitrogens with zero attached hydrogens (tertiary/aromatic N) is 1. The minimum atomic E-state index is -0.801. The largest absolute Gasteiger partial charge is 0.507 e. The van der Waals surface area contributed by atoms with Crippen LogP contribution >= 0.6 is 11.6 Å². The van der Waals surface area contributed by atoms with Gasteiger partial charge in [-0.25, -0.2) is 0 Å². The fourth-order valence-electron chi connectivity index (χ4n) is 4.13. The van der Waals surface area contributed by atoms with Crippen molar-refractivity contribution in [3.8, 4) is 11.5 Å². The van der Waals surface area contributed by atoms with Gasteiger partial charge in [0.05, 0.1) is 25.8 Å². The summed E-state index contributed by atoms with van der Waals surface area (Å²) in [5, 5.41) is 11.6. The molecule has 0 radical (unpaired) electrons. The van der Waals surface area contributed by atoms with E-state index >= 15 is 0 Å². The van der Waals surface area contributed by atoms with Crippen LogP contribution in [0, 0.1) is 0 Å². The Hall–Kier alpha value is -3.77. The quantitative estimate of drug-likeness (QED) is 0.294. The van der Waals surface area contributed by atoms with Crippen LogP contribution in [0.25, 0.3) is 5.76 Å². The van der Waals surface area contributed by atoms with Gasteiger partial charge in [0.2, 0.25) is 0 Å². The molecule has 1 aliphatic rings. The van der Waals surface area contributed by atoms with E-state index in [9.17, 15) is 14.7 Å². The second-order valence-electron chi connectivity index (χ2n) is 7.84. The van der Waals surface area contributed by atoms with Crippen LogP contribution in [0.3, 0.4) is 0 Å². The molecule has 1 N–H and O–H groups in total. The van der Waals surface area contributed by atoms with Crippen molar-refractivity contribution in [3.05, 3.63) is 100 Å². The average molecular weight is 478 g/mol. The number of para-hydroxylation sites is 1. The van der Waals surface area contributed by atoms with Crippen molar-refractivity contribution in [1.82, 2.24) is 4.90 Å². The number of ketones is 1. The van der Waals surface area contributed by atoms with E-state index in [4.69, 9.17) is 21.1 Å². The Bertz CT molecular complexity index is 1230. The van der Waals surface area contributed by atoms with Crippen LogP contribution in [0.1, 0.15) is 22.7 Å². The van der Waals surface area contributed by atoms with Crippen LogP contribution < -0.4 is 9.47 Å². The first kappa shape index (κ1) is 23.4. The number of carbonyl (C=O) groups excluding carboxylic acids is 2. The molecule has 1 heterocycles. The van der Waals surface area contributed by atoms with Crippen LogP contribution in [-0.2, 0) is 16.0 Å². The molecule has 3 aromatic rings. The van der Waals surface area contributed by atoms with Crippen molar-refractivity contribution >= 4 is 29.1 Å². The zero-order valence-corrected chi connectivity index (χ0v) is 19.6. The molecule has 1 amide bonds. The first-order valence-corrected chi connectivity index (χ1v) is 11.1. The highest BCUT2D eigenvalue weighted by Crippen LogP contribution is 2.42. The number of aliphatic hydroxyl groups excluding tert-OH is 1. The number of likely N-dealkylation sites (tertiary alicyclic amines) is 1. The van der Waals surface area contributed by atoms with Crippen LogP contribution in [0.4, 0.5) is 0 Å². The summed E-state index contributed by atoms with van der Waals surface area (Å²) in [5.41, 5.74) is 2.03. The zero-order valence-electron chi connectivity index (χ0n) is 18.8. The number of benzene rings is 3. The van der Waals surface area contributed by atoms with E-state index in [1.54, 1.807) is 43.5 Å². The molecule has 0 aromatic heterocycles. The van der Waals surface area contributed by atoms with Gasteiger partial charge in [0, 0.05) is 22.7 Å². The number of carbonyl (C=O) groups is 2. The third kappa shape index (κ3) is 4.50. The number of halogens is 1. The molecule has 1 unspecified atom stereocenters. The number of ether oxygens (including phenoxy) is 2. The third-order valence-corrected chi connectivity index (χ3v) is 6.14. The molecule has 0 aliphatic carbocycles. The van der Waals surface area contributed by atoms with E-state index in [-0.39, 0.29) is 17.9 Å². The molecule has 0 saturated carbocycles. The lowest BCUT2D eigenvalue weighted by Gasteiger charge is -2.26. The zero-order chi connectivity index (χ0) is 24.2. The summed E-state index contributed by atoms with van der Waals surface area (Å²) >= 11 is 5.98. The minimum Gasteiger partial charge on any atom is -0.507 e. The number of hydrogen-bond acceptors (Lipinski definition) is 5. The summed E-state index contributed by atoms with van der Waals surface area (Å²) in [6.45, 7) is 0.275. The number of amides is 1. The normalized spacial score (nSPS) is 17.1. The molecule has 4 rings (SSSR count). The Morgan fingerprint density at radius 3 is 2.26 bits per heavy atom. The molecule has 6 nitrogen and oxygen atoms in total. The molecule has 1 saturated heterocycles. The van der Waals surface area contributed by atoms with Gasteiger partial charge in [0.25, 0.3) is 11.7 Å². The summed E-state index contributed by atoms with van der Waals surface area (Å²) in [4.78, 5) is 27.8. The van der Waals surface area contributed by atoms with E-state index in [0.29, 0.717) is 28.3 Å². The highest BCUT2D eigenvalue weighted by molar-refractivity contribution is 6.46. The Balaban J connectivity index is 1.77. The van der Waals surface area contributed by atoms with Gasteiger partial charge in [0.15, 0.2) is 0 Å². The van der Waals surface area contributed by atoms with Gasteiger partial charge in [-0.05, 0) is 54.4 Å². The predicted octanol–water partition coefficient (Wildman–Crippen LogP) is 5.02. The van der Waals surface area contributed by atoms with Gasteiger partial charge in [-0.3, -0.25) is 9.59 Å². The summed E-state index contributed by atoms with van der Waals surface area (Å²) in [7, 11) is 3.13. The molecule has 174 valence electrons. The summed E-state index contributed by atoms with van der Waals surface area (Å²) in [5.74, 6) is -0.400. The maximum Gasteiger partial charge on any atom is 0.295 e. The third-order valence-electron chi connectivity index (χ3n) is 5.89. The fraction of sp³-hybridized carbons (Fsp3) is 0.185. The first-order chi connectivity index (χ1) is 16.4. The maximum absolute atomic E-state index is 13.2. The van der Waals surface area contributed by atoms with Gasteiger partial charge in [-0.1, -0.05) is 41.9 Å². The summed E-state index contributed by atoms with van der Waals surface area (Å²) < 4.78 is 10.7. The molecule has 0 spiro atoms. The first-order valence-electron chi connectivity index (χ1n) is 10.7. The Kier molecular flexibility index (Phi) is 6.89. The number of aliphatic hydroxyl groups is 1. The van der Waals surface area contributed by atoms with Crippen molar-refractivity contribution < 1.29 is 24.2 Å². The predicted molar refractivity (Wildman–Crippen MR) is 130 cm³/mol. The SMILES string of the molecule is COc1ccc(CCN2C(=O)C(=O)/C(=C(\O)c3ccc(Cl)cc3)C2c2ccccc2OC)cc1. The Labute approximate surface area is 203 Å². The molecule has 1 aliphatic heterocycles. The van der Waals surface area contributed by atoms with Crippen molar-refractivity contribution in [2.75, 3.05) is 20.8 Å². The van der Waals surface area contributed by atoms with E-state index in [2.05, 4.69) is 0 Å². The molecular formula is C27H24ClNO5. The molecule has 3 aromatic carbocycles. The van der Waals surface area contributed by atoms with Crippen molar-refractivity contribution in [1.29, 1.82) is 0 Å². The molecule has 1 fully saturated rings. The summed E-state index contributed by atoms with van der Waals surface area (Å²) in [6.07, 6.45) is 0.518. The lowest BCUT2D eigenvalue weighted by atomic mass is 9.94. The summed E-state index contributed by atoms with van der Waals surface area (Å²) in [6, 6.07) is 20.4. The highest BCUT2D eigenvalue weighted by Gasteiger charge is 2.46. The Morgan fingerprint density at radius 2 is 1.62 bits per heavy atom. The van der Waals surface area contributed by atoms with Gasteiger partial charge in [-0.2, -0.15) is 0 Å². The van der Waals surface area contributed by atoms with Gasteiger partial charge in [0.1, 0.15) is 17.3 Å². The standard InChI is InChI=1S/C27H24ClNO5/c1-33-20-13-7-17(8-14-20)15-16-29-24(21-5-3-4-6-22(21)34-2)23(26(31)27(29)32)25(30)18-9-11-19(28)12-10-18/h3-14,24,30H,15-16H2,1-2H3/b25-23-. The number of rotatable bonds is 7. The monoisotopic (exact) mass is 477 g/mol. The van der Waals surface area contributed by atoms with E-state index in [1.165, 1.54) is 12.0 Å². The van der Waals surface area contributed by atoms with Crippen LogP contribution in [-0.4, -0.2) is 42.5 Å². The lowest BCUT2D eigenvalue weighted by Crippen LogP contribution is -2.31. The minimum absolute atomic E-state index is 0.0200. The van der Waals surface area contributed by atoms with Gasteiger partial charge in [-0.15, -0.1) is 0 Å². The van der Waals surface area contributed by atoms with Gasteiger partial charge >= 0.3 is 0 Å². The number of Topliss-reactive ketones (excluding diaryl/α,β-unsaturated/α-hetero) is 1. The molecule has 7 heteroatoms. The number of hydrogen-bond donors (Lipinski definition) is 1. The molecule has 0 bridgehead atoms. The van der Waals surface area contributed by atoms with Gasteiger partial charge < -0.3 is 19.5 Å². The highest BCUT2D eigenvalue weighted by atomic mass is 35.5. The van der Waals surface area contributed by atoms with E-state index in [1.807, 2.05) is 36.4 Å². The van der Waals surface area contributed by atoms with Crippen LogP contribution in [0.5, 0.6) is 11.5 Å². The topological polar surface area (TPSA) is 76.1 Å². The lowest BCUT2D eigenvalue weighted by molar-refractivity contribution is -0.139. The van der Waals surface area contributed by atoms with E-state index in [0.717, 1.165) is 11.3 Å². The maximum atomic E-state index is 13.2. The fourth-order valence-corrected chi connectivity index (χ4v) is 4.26.